The van der Waals surface area contributed by atoms with Gasteiger partial charge >= 0.3 is 0 Å². The third kappa shape index (κ3) is 2.42. The second-order valence-corrected chi connectivity index (χ2v) is 7.25. The second-order valence-electron chi connectivity index (χ2n) is 6.69. The smallest absolute Gasteiger partial charge is 0.258 e. The Morgan fingerprint density at radius 3 is 2.05 bits per heavy atom. The molecule has 1 aromatic rings. The van der Waals surface area contributed by atoms with Gasteiger partial charge in [0.05, 0.1) is 4.92 Å². The van der Waals surface area contributed by atoms with Gasteiger partial charge < -0.3 is 0 Å². The van der Waals surface area contributed by atoms with E-state index in [2.05, 4.69) is 43.6 Å². The number of rotatable bonds is 2. The Bertz CT molecular complexity index is 535. The van der Waals surface area contributed by atoms with E-state index in [9.17, 15) is 10.1 Å². The number of benzene rings is 1. The zero-order valence-electron chi connectivity index (χ0n) is 11.9. The lowest BCUT2D eigenvalue weighted by Crippen LogP contribution is -2.34. The first-order valence-corrected chi connectivity index (χ1v) is 7.69. The van der Waals surface area contributed by atoms with Crippen LogP contribution in [0.2, 0.25) is 0 Å². The van der Waals surface area contributed by atoms with Crippen molar-refractivity contribution in [3.8, 4) is 0 Å². The number of hydrogen-bond acceptors (Lipinski definition) is 2. The van der Waals surface area contributed by atoms with Crippen molar-refractivity contribution in [2.75, 3.05) is 0 Å². The summed E-state index contributed by atoms with van der Waals surface area (Å²) in [5, 5.41) is 11.7. The van der Waals surface area contributed by atoms with Gasteiger partial charge in [0.1, 0.15) is 0 Å². The Morgan fingerprint density at radius 2 is 1.63 bits per heavy atom. The summed E-state index contributed by atoms with van der Waals surface area (Å²) in [5.41, 5.74) is 3.53. The van der Waals surface area contributed by atoms with Crippen molar-refractivity contribution >= 4 is 21.6 Å². The zero-order valence-corrected chi connectivity index (χ0v) is 13.5. The molecule has 104 valence electrons. The minimum atomic E-state index is -0.269. The summed E-state index contributed by atoms with van der Waals surface area (Å²) in [6.07, 6.45) is 2.18. The van der Waals surface area contributed by atoms with Crippen LogP contribution in [-0.4, -0.2) is 4.92 Å². The average molecular weight is 326 g/mol. The van der Waals surface area contributed by atoms with Crippen molar-refractivity contribution in [3.63, 3.8) is 0 Å². The predicted molar refractivity (Wildman–Crippen MR) is 81.0 cm³/mol. The molecule has 1 aliphatic rings. The minimum Gasteiger partial charge on any atom is -0.258 e. The molecule has 0 bridgehead atoms. The van der Waals surface area contributed by atoms with E-state index in [0.29, 0.717) is 5.33 Å². The molecule has 0 saturated heterocycles. The van der Waals surface area contributed by atoms with Gasteiger partial charge in [0.2, 0.25) is 0 Å². The molecule has 0 radical (unpaired) electrons. The van der Waals surface area contributed by atoms with E-state index in [1.165, 1.54) is 5.56 Å². The molecule has 4 heteroatoms. The number of nitro benzene ring substituents is 1. The normalized spacial score (nSPS) is 19.8. The summed E-state index contributed by atoms with van der Waals surface area (Å²) in [6.45, 7) is 8.81. The van der Waals surface area contributed by atoms with Crippen LogP contribution in [0.3, 0.4) is 0 Å². The number of alkyl halides is 1. The van der Waals surface area contributed by atoms with Crippen molar-refractivity contribution in [2.24, 2.45) is 0 Å². The largest absolute Gasteiger partial charge is 0.273 e. The molecule has 0 saturated carbocycles. The molecule has 0 spiro atoms. The Morgan fingerprint density at radius 1 is 1.16 bits per heavy atom. The molecule has 0 aliphatic heterocycles. The maximum absolute atomic E-state index is 11.2. The van der Waals surface area contributed by atoms with Gasteiger partial charge in [-0.2, -0.15) is 0 Å². The monoisotopic (exact) mass is 325 g/mol. The molecule has 0 heterocycles. The van der Waals surface area contributed by atoms with Crippen molar-refractivity contribution in [1.29, 1.82) is 0 Å². The first-order chi connectivity index (χ1) is 8.69. The number of hydrogen-bond donors (Lipinski definition) is 0. The van der Waals surface area contributed by atoms with Gasteiger partial charge in [0.25, 0.3) is 5.69 Å². The first kappa shape index (κ1) is 14.5. The molecular weight excluding hydrogens is 306 g/mol. The van der Waals surface area contributed by atoms with Gasteiger partial charge in [-0.25, -0.2) is 0 Å². The van der Waals surface area contributed by atoms with E-state index in [1.54, 1.807) is 6.07 Å². The van der Waals surface area contributed by atoms with Crippen LogP contribution >= 0.6 is 15.9 Å². The molecular formula is C15H20BrNO2. The van der Waals surface area contributed by atoms with Gasteiger partial charge in [0, 0.05) is 17.0 Å². The van der Waals surface area contributed by atoms with Crippen LogP contribution in [0.25, 0.3) is 0 Å². The lowest BCUT2D eigenvalue weighted by molar-refractivity contribution is -0.385. The summed E-state index contributed by atoms with van der Waals surface area (Å²) in [5.74, 6) is 0. The molecule has 0 unspecified atom stereocenters. The lowest BCUT2D eigenvalue weighted by Gasteiger charge is -2.41. The summed E-state index contributed by atoms with van der Waals surface area (Å²) in [6, 6.07) is 3.83. The third-order valence-corrected chi connectivity index (χ3v) is 5.00. The van der Waals surface area contributed by atoms with Crippen LogP contribution in [0.15, 0.2) is 12.1 Å². The van der Waals surface area contributed by atoms with Gasteiger partial charge in [-0.3, -0.25) is 10.1 Å². The maximum Gasteiger partial charge on any atom is 0.273 e. The van der Waals surface area contributed by atoms with Crippen LogP contribution in [0.4, 0.5) is 5.69 Å². The van der Waals surface area contributed by atoms with Crippen molar-refractivity contribution < 1.29 is 4.92 Å². The van der Waals surface area contributed by atoms with E-state index in [0.717, 1.165) is 24.0 Å². The number of fused-ring (bicyclic) bond motifs is 1. The Hall–Kier alpha value is -0.900. The highest BCUT2D eigenvalue weighted by atomic mass is 79.9. The van der Waals surface area contributed by atoms with Crippen LogP contribution in [-0.2, 0) is 16.2 Å². The maximum atomic E-state index is 11.2. The van der Waals surface area contributed by atoms with E-state index < -0.39 is 0 Å². The topological polar surface area (TPSA) is 43.1 Å². The van der Waals surface area contributed by atoms with Crippen LogP contribution in [0.1, 0.15) is 57.2 Å². The van der Waals surface area contributed by atoms with Gasteiger partial charge in [-0.15, -0.1) is 0 Å². The van der Waals surface area contributed by atoms with Crippen LogP contribution in [0.5, 0.6) is 0 Å². The first-order valence-electron chi connectivity index (χ1n) is 6.57. The quantitative estimate of drug-likeness (QED) is 0.443. The molecule has 0 N–H and O–H groups in total. The fourth-order valence-electron chi connectivity index (χ4n) is 2.92. The molecule has 0 amide bonds. The van der Waals surface area contributed by atoms with E-state index in [4.69, 9.17) is 0 Å². The van der Waals surface area contributed by atoms with Crippen LogP contribution in [0, 0.1) is 10.1 Å². The number of nitrogens with zero attached hydrogens (tertiary/aromatic N) is 1. The van der Waals surface area contributed by atoms with E-state index >= 15 is 0 Å². The predicted octanol–water partition coefficient (Wildman–Crippen LogP) is 4.84. The summed E-state index contributed by atoms with van der Waals surface area (Å²) in [4.78, 5) is 11.0. The van der Waals surface area contributed by atoms with Crippen LogP contribution < -0.4 is 0 Å². The molecule has 1 aliphatic carbocycles. The zero-order chi connectivity index (χ0) is 14.4. The fourth-order valence-corrected chi connectivity index (χ4v) is 3.37. The third-order valence-electron chi connectivity index (χ3n) is 4.39. The summed E-state index contributed by atoms with van der Waals surface area (Å²) >= 11 is 3.37. The van der Waals surface area contributed by atoms with E-state index in [-0.39, 0.29) is 21.4 Å². The molecule has 19 heavy (non-hydrogen) atoms. The summed E-state index contributed by atoms with van der Waals surface area (Å²) in [7, 11) is 0. The fraction of sp³-hybridized carbons (Fsp3) is 0.600. The molecule has 0 aromatic heterocycles. The molecule has 1 aromatic carbocycles. The van der Waals surface area contributed by atoms with Crippen molar-refractivity contribution in [2.45, 2.75) is 56.7 Å². The highest BCUT2D eigenvalue weighted by molar-refractivity contribution is 9.08. The van der Waals surface area contributed by atoms with Gasteiger partial charge in [-0.1, -0.05) is 43.6 Å². The standard InChI is InChI=1S/C15H20BrNO2/c1-14(2)5-6-15(3,4)12-8-13(17(18)19)10(9-16)7-11(12)14/h7-8H,5-6,9H2,1-4H3. The Balaban J connectivity index is 2.74. The average Bonchev–Trinajstić information content (AvgIpc) is 2.33. The Kier molecular flexibility index (Phi) is 3.50. The molecule has 2 rings (SSSR count). The highest BCUT2D eigenvalue weighted by Gasteiger charge is 2.38. The van der Waals surface area contributed by atoms with Crippen molar-refractivity contribution in [1.82, 2.24) is 0 Å². The molecule has 0 fully saturated rings. The van der Waals surface area contributed by atoms with Crippen molar-refractivity contribution in [3.05, 3.63) is 38.9 Å². The van der Waals surface area contributed by atoms with E-state index in [1.807, 2.05) is 6.07 Å². The van der Waals surface area contributed by atoms with Gasteiger partial charge in [-0.05, 0) is 40.9 Å². The SMILES string of the molecule is CC1(C)CCC(C)(C)c2cc([N+](=O)[O-])c(CBr)cc21. The van der Waals surface area contributed by atoms with Gasteiger partial charge in [0.15, 0.2) is 0 Å². The summed E-state index contributed by atoms with van der Waals surface area (Å²) < 4.78 is 0. The minimum absolute atomic E-state index is 0.0143. The lowest BCUT2D eigenvalue weighted by atomic mass is 9.63. The second kappa shape index (κ2) is 4.58. The molecule has 0 atom stereocenters. The number of halogens is 1. The highest BCUT2D eigenvalue weighted by Crippen LogP contribution is 2.47. The Labute approximate surface area is 122 Å². The number of nitro groups is 1. The molecule has 3 nitrogen and oxygen atoms in total.